The van der Waals surface area contributed by atoms with E-state index in [2.05, 4.69) is 15.9 Å². The number of hydrogen-bond acceptors (Lipinski definition) is 3. The molecule has 2 N–H and O–H groups in total. The van der Waals surface area contributed by atoms with Crippen molar-refractivity contribution in [3.8, 4) is 11.5 Å². The molecule has 0 aliphatic carbocycles. The average molecular weight is 260 g/mol. The van der Waals surface area contributed by atoms with Gasteiger partial charge in [-0.15, -0.1) is 0 Å². The largest absolute Gasteiger partial charge is 0.497 e. The summed E-state index contributed by atoms with van der Waals surface area (Å²) in [5.41, 5.74) is 6.60. The molecule has 1 aromatic rings. The van der Waals surface area contributed by atoms with Crippen LogP contribution in [0.1, 0.15) is 5.56 Å². The van der Waals surface area contributed by atoms with Gasteiger partial charge < -0.3 is 15.2 Å². The number of methoxy groups -OCH3 is 2. The van der Waals surface area contributed by atoms with Gasteiger partial charge in [-0.3, -0.25) is 0 Å². The number of benzene rings is 1. The maximum absolute atomic E-state index is 5.52. The highest BCUT2D eigenvalue weighted by Crippen LogP contribution is 2.32. The summed E-state index contributed by atoms with van der Waals surface area (Å²) in [4.78, 5) is 0. The molecule has 3 nitrogen and oxygen atoms in total. The van der Waals surface area contributed by atoms with Crippen LogP contribution in [-0.2, 0) is 6.42 Å². The molecule has 0 fully saturated rings. The molecule has 0 spiro atoms. The maximum atomic E-state index is 5.52. The van der Waals surface area contributed by atoms with Crippen LogP contribution in [0.2, 0.25) is 0 Å². The smallest absolute Gasteiger partial charge is 0.126 e. The quantitative estimate of drug-likeness (QED) is 0.900. The van der Waals surface area contributed by atoms with Crippen LogP contribution < -0.4 is 15.2 Å². The molecule has 0 aliphatic heterocycles. The summed E-state index contributed by atoms with van der Waals surface area (Å²) in [5.74, 6) is 1.58. The van der Waals surface area contributed by atoms with Gasteiger partial charge in [0.15, 0.2) is 0 Å². The number of nitrogens with two attached hydrogens (primary N) is 1. The van der Waals surface area contributed by atoms with Crippen molar-refractivity contribution in [1.29, 1.82) is 0 Å². The highest BCUT2D eigenvalue weighted by Gasteiger charge is 2.09. The summed E-state index contributed by atoms with van der Waals surface area (Å²) < 4.78 is 11.4. The summed E-state index contributed by atoms with van der Waals surface area (Å²) in [6, 6.07) is 3.77. The van der Waals surface area contributed by atoms with Gasteiger partial charge in [-0.2, -0.15) is 0 Å². The van der Waals surface area contributed by atoms with Crippen LogP contribution in [-0.4, -0.2) is 20.8 Å². The van der Waals surface area contributed by atoms with Crippen molar-refractivity contribution in [3.05, 3.63) is 22.2 Å². The van der Waals surface area contributed by atoms with Crippen molar-refractivity contribution >= 4 is 15.9 Å². The van der Waals surface area contributed by atoms with E-state index in [-0.39, 0.29) is 0 Å². The third-order valence-electron chi connectivity index (χ3n) is 1.98. The van der Waals surface area contributed by atoms with Crippen molar-refractivity contribution in [2.24, 2.45) is 5.73 Å². The van der Waals surface area contributed by atoms with Gasteiger partial charge in [0.2, 0.25) is 0 Å². The molecule has 0 aliphatic rings. The summed E-state index contributed by atoms with van der Waals surface area (Å²) in [5, 5.41) is 0. The molecular formula is C10H14BrNO2. The first-order valence-corrected chi connectivity index (χ1v) is 5.12. The van der Waals surface area contributed by atoms with Crippen molar-refractivity contribution in [3.63, 3.8) is 0 Å². The predicted molar refractivity (Wildman–Crippen MR) is 60.0 cm³/mol. The second-order valence-electron chi connectivity index (χ2n) is 2.83. The lowest BCUT2D eigenvalue weighted by molar-refractivity contribution is 0.390. The van der Waals surface area contributed by atoms with Crippen LogP contribution in [0.15, 0.2) is 16.6 Å². The van der Waals surface area contributed by atoms with E-state index in [1.807, 2.05) is 12.1 Å². The number of halogens is 1. The van der Waals surface area contributed by atoms with E-state index < -0.39 is 0 Å². The molecule has 0 bridgehead atoms. The standard InChI is InChI=1S/C10H14BrNO2/c1-13-7-5-9(11)8(3-4-12)10(6-7)14-2/h5-6H,3-4,12H2,1-2H3. The van der Waals surface area contributed by atoms with Crippen molar-refractivity contribution < 1.29 is 9.47 Å². The summed E-state index contributed by atoms with van der Waals surface area (Å²) in [7, 11) is 3.27. The van der Waals surface area contributed by atoms with E-state index in [1.165, 1.54) is 0 Å². The maximum Gasteiger partial charge on any atom is 0.126 e. The second kappa shape index (κ2) is 5.22. The number of ether oxygens (including phenoxy) is 2. The van der Waals surface area contributed by atoms with Crippen LogP contribution >= 0.6 is 15.9 Å². The van der Waals surface area contributed by atoms with E-state index in [0.29, 0.717) is 6.54 Å². The van der Waals surface area contributed by atoms with Gasteiger partial charge in [-0.25, -0.2) is 0 Å². The highest BCUT2D eigenvalue weighted by atomic mass is 79.9. The Labute approximate surface area is 92.3 Å². The van der Waals surface area contributed by atoms with Gasteiger partial charge in [-0.1, -0.05) is 15.9 Å². The first kappa shape index (κ1) is 11.3. The van der Waals surface area contributed by atoms with Crippen LogP contribution in [0, 0.1) is 0 Å². The van der Waals surface area contributed by atoms with Crippen LogP contribution in [0.25, 0.3) is 0 Å². The molecule has 0 saturated carbocycles. The van der Waals surface area contributed by atoms with Crippen LogP contribution in [0.3, 0.4) is 0 Å². The summed E-state index contributed by atoms with van der Waals surface area (Å²) in [6.45, 7) is 0.599. The van der Waals surface area contributed by atoms with Crippen molar-refractivity contribution in [2.75, 3.05) is 20.8 Å². The molecular weight excluding hydrogens is 246 g/mol. The SMILES string of the molecule is COc1cc(Br)c(CCN)c(OC)c1. The van der Waals surface area contributed by atoms with Gasteiger partial charge in [0.05, 0.1) is 14.2 Å². The monoisotopic (exact) mass is 259 g/mol. The average Bonchev–Trinajstić information content (AvgIpc) is 2.20. The number of hydrogen-bond donors (Lipinski definition) is 1. The Hall–Kier alpha value is -0.740. The van der Waals surface area contributed by atoms with E-state index in [4.69, 9.17) is 15.2 Å². The molecule has 0 atom stereocenters. The molecule has 0 aromatic heterocycles. The molecule has 0 amide bonds. The zero-order valence-corrected chi connectivity index (χ0v) is 9.93. The third-order valence-corrected chi connectivity index (χ3v) is 2.69. The lowest BCUT2D eigenvalue weighted by Crippen LogP contribution is -2.05. The summed E-state index contributed by atoms with van der Waals surface area (Å²) in [6.07, 6.45) is 0.785. The van der Waals surface area contributed by atoms with Gasteiger partial charge in [-0.05, 0) is 19.0 Å². The van der Waals surface area contributed by atoms with E-state index in [0.717, 1.165) is 28.0 Å². The molecule has 0 saturated heterocycles. The molecule has 78 valence electrons. The Morgan fingerprint density at radius 2 is 2.00 bits per heavy atom. The minimum absolute atomic E-state index is 0.599. The van der Waals surface area contributed by atoms with E-state index >= 15 is 0 Å². The van der Waals surface area contributed by atoms with Crippen molar-refractivity contribution in [1.82, 2.24) is 0 Å². The van der Waals surface area contributed by atoms with Gasteiger partial charge in [0.1, 0.15) is 11.5 Å². The lowest BCUT2D eigenvalue weighted by Gasteiger charge is -2.11. The van der Waals surface area contributed by atoms with E-state index in [9.17, 15) is 0 Å². The van der Waals surface area contributed by atoms with Crippen molar-refractivity contribution in [2.45, 2.75) is 6.42 Å². The number of rotatable bonds is 4. The third kappa shape index (κ3) is 2.39. The normalized spacial score (nSPS) is 10.0. The molecule has 1 rings (SSSR count). The van der Waals surface area contributed by atoms with Crippen LogP contribution in [0.4, 0.5) is 0 Å². The van der Waals surface area contributed by atoms with Gasteiger partial charge in [0.25, 0.3) is 0 Å². The highest BCUT2D eigenvalue weighted by molar-refractivity contribution is 9.10. The fourth-order valence-corrected chi connectivity index (χ4v) is 1.89. The van der Waals surface area contributed by atoms with Crippen LogP contribution in [0.5, 0.6) is 11.5 Å². The Morgan fingerprint density at radius 1 is 1.29 bits per heavy atom. The fourth-order valence-electron chi connectivity index (χ4n) is 1.27. The van der Waals surface area contributed by atoms with E-state index in [1.54, 1.807) is 14.2 Å². The first-order chi connectivity index (χ1) is 6.72. The zero-order chi connectivity index (χ0) is 10.6. The van der Waals surface area contributed by atoms with Gasteiger partial charge >= 0.3 is 0 Å². The Kier molecular flexibility index (Phi) is 4.22. The molecule has 0 unspecified atom stereocenters. The minimum Gasteiger partial charge on any atom is -0.497 e. The zero-order valence-electron chi connectivity index (χ0n) is 8.34. The molecule has 14 heavy (non-hydrogen) atoms. The fraction of sp³-hybridized carbons (Fsp3) is 0.400. The molecule has 1 aromatic carbocycles. The molecule has 0 radical (unpaired) electrons. The molecule has 0 heterocycles. The minimum atomic E-state index is 0.599. The molecule has 4 heteroatoms. The topological polar surface area (TPSA) is 44.5 Å². The predicted octanol–water partition coefficient (Wildman–Crippen LogP) is 1.97. The second-order valence-corrected chi connectivity index (χ2v) is 3.68. The first-order valence-electron chi connectivity index (χ1n) is 4.33. The lowest BCUT2D eigenvalue weighted by atomic mass is 10.1. The Balaban J connectivity index is 3.13. The summed E-state index contributed by atoms with van der Waals surface area (Å²) >= 11 is 3.47. The Bertz CT molecular complexity index is 315. The van der Waals surface area contributed by atoms with Gasteiger partial charge in [0, 0.05) is 16.1 Å². The Morgan fingerprint density at radius 3 is 2.50 bits per heavy atom.